The van der Waals surface area contributed by atoms with Crippen LogP contribution in [0.1, 0.15) is 49.3 Å². The number of hydrogen-bond donors (Lipinski definition) is 5. The van der Waals surface area contributed by atoms with Crippen molar-refractivity contribution in [2.24, 2.45) is 0 Å². The number of amides is 1. The van der Waals surface area contributed by atoms with Gasteiger partial charge in [-0.05, 0) is 70.9 Å². The number of aromatic hydroxyl groups is 1. The number of aliphatic hydroxyl groups is 2. The number of benzene rings is 6. The minimum Gasteiger partial charge on any atom is -0.508 e. The van der Waals surface area contributed by atoms with E-state index in [-0.39, 0.29) is 61.4 Å². The average molecular weight is 816 g/mol. The first-order valence-electron chi connectivity index (χ1n) is 17.8. The van der Waals surface area contributed by atoms with E-state index in [0.29, 0.717) is 60.7 Å². The first kappa shape index (κ1) is 38.3. The number of phenolic OH excluding ortho intramolecular Hbond substituents is 1. The van der Waals surface area contributed by atoms with Crippen LogP contribution < -0.4 is 30.8 Å². The summed E-state index contributed by atoms with van der Waals surface area (Å²) in [7, 11) is 3.75. The number of aromatic carboxylic acids is 1. The Hall–Kier alpha value is -6.63. The summed E-state index contributed by atoms with van der Waals surface area (Å²) >= 11 is 13.8. The molecule has 2 aliphatic heterocycles. The lowest BCUT2D eigenvalue weighted by Crippen LogP contribution is -2.25. The van der Waals surface area contributed by atoms with Crippen LogP contribution in [0.3, 0.4) is 0 Å². The molecule has 11 nitrogen and oxygen atoms in total. The lowest BCUT2D eigenvalue weighted by Gasteiger charge is -2.25. The van der Waals surface area contributed by atoms with Gasteiger partial charge in [0.05, 0.1) is 21.2 Å². The van der Waals surface area contributed by atoms with Crippen molar-refractivity contribution in [3.8, 4) is 39.7 Å². The Morgan fingerprint density at radius 1 is 0.845 bits per heavy atom. The standard InChI is InChI=1S/C45H32Cl2N2O9/c1-21-4-9-29-34(14-21)57-35-16-23(49(2)3)6-11-30(35)39(29)41-40(45(55)56)33(46)19-32(42(41)47)43(52)48-20-22-5-10-26(31(15-22)44(53)54)38-27-12-7-24(50)17-36(27)58-37-18-25(51)8-13-28(37)38/h4-19,44,50,53-54H,1,20H2,2-3H3,(H,48,52)(H,55,56). The topological polar surface area (TPSA) is 170 Å². The second-order valence-electron chi connectivity index (χ2n) is 14.0. The summed E-state index contributed by atoms with van der Waals surface area (Å²) in [5.41, 5.74) is 3.35. The van der Waals surface area contributed by atoms with E-state index in [1.165, 1.54) is 36.4 Å². The van der Waals surface area contributed by atoms with Gasteiger partial charge in [0, 0.05) is 88.5 Å². The molecule has 0 saturated carbocycles. The molecule has 8 rings (SSSR count). The number of carbonyl (C=O) groups is 2. The fraction of sp³-hybridized carbons (Fsp3) is 0.0889. The zero-order valence-corrected chi connectivity index (χ0v) is 32.3. The zero-order chi connectivity index (χ0) is 41.2. The van der Waals surface area contributed by atoms with E-state index in [9.17, 15) is 34.8 Å². The van der Waals surface area contributed by atoms with E-state index < -0.39 is 18.2 Å². The summed E-state index contributed by atoms with van der Waals surface area (Å²) in [6, 6.07) is 25.5. The largest absolute Gasteiger partial charge is 0.508 e. The van der Waals surface area contributed by atoms with Gasteiger partial charge in [-0.25, -0.2) is 4.79 Å². The van der Waals surface area contributed by atoms with E-state index in [0.717, 1.165) is 5.69 Å². The van der Waals surface area contributed by atoms with Crippen molar-refractivity contribution >= 4 is 63.9 Å². The Bertz CT molecular complexity index is 3030. The van der Waals surface area contributed by atoms with Crippen molar-refractivity contribution in [2.75, 3.05) is 19.0 Å². The molecule has 0 fully saturated rings. The van der Waals surface area contributed by atoms with Gasteiger partial charge in [-0.15, -0.1) is 0 Å². The second kappa shape index (κ2) is 14.7. The third-order valence-electron chi connectivity index (χ3n) is 10.0. The predicted octanol–water partition coefficient (Wildman–Crippen LogP) is 7.02. The summed E-state index contributed by atoms with van der Waals surface area (Å²) in [6.07, 6.45) is -1.96. The molecule has 5 N–H and O–H groups in total. The zero-order valence-electron chi connectivity index (χ0n) is 30.8. The number of hydrogen-bond acceptors (Lipinski definition) is 9. The van der Waals surface area contributed by atoms with Gasteiger partial charge in [0.15, 0.2) is 11.7 Å². The summed E-state index contributed by atoms with van der Waals surface area (Å²) in [4.78, 5) is 41.0. The van der Waals surface area contributed by atoms with Crippen LogP contribution in [0, 0.1) is 0 Å². The van der Waals surface area contributed by atoms with Crippen molar-refractivity contribution in [1.29, 1.82) is 0 Å². The Kier molecular flexibility index (Phi) is 9.70. The molecule has 0 bridgehead atoms. The molecule has 0 saturated heterocycles. The van der Waals surface area contributed by atoms with Gasteiger partial charge in [0.25, 0.3) is 5.91 Å². The molecule has 1 amide bonds. The number of carboxylic acids is 1. The number of ether oxygens (including phenoxy) is 1. The minimum atomic E-state index is -1.96. The van der Waals surface area contributed by atoms with E-state index in [4.69, 9.17) is 32.4 Å². The van der Waals surface area contributed by atoms with Crippen LogP contribution in [-0.2, 0) is 6.54 Å². The monoisotopic (exact) mass is 814 g/mol. The highest BCUT2D eigenvalue weighted by Gasteiger charge is 2.31. The number of nitrogens with one attached hydrogen (secondary N) is 1. The third-order valence-corrected chi connectivity index (χ3v) is 10.7. The molecule has 1 aliphatic carbocycles. The number of halogens is 2. The van der Waals surface area contributed by atoms with Crippen LogP contribution in [0.25, 0.3) is 45.6 Å². The fourth-order valence-corrected chi connectivity index (χ4v) is 7.91. The summed E-state index contributed by atoms with van der Waals surface area (Å²) < 4.78 is 12.2. The highest BCUT2D eigenvalue weighted by Crippen LogP contribution is 2.45. The number of aliphatic hydroxyl groups excluding tert-OH is 1. The molecule has 5 aromatic carbocycles. The summed E-state index contributed by atoms with van der Waals surface area (Å²) in [5, 5.41) is 46.0. The number of fused-ring (bicyclic) bond motifs is 4. The van der Waals surface area contributed by atoms with Crippen LogP contribution in [0.15, 0.2) is 106 Å². The number of nitrogens with zero attached hydrogens (tertiary/aromatic N) is 1. The Labute approximate surface area is 339 Å². The first-order valence-corrected chi connectivity index (χ1v) is 18.5. The van der Waals surface area contributed by atoms with Crippen LogP contribution in [0.2, 0.25) is 10.0 Å². The number of rotatable bonds is 8. The Morgan fingerprint density at radius 2 is 1.60 bits per heavy atom. The van der Waals surface area contributed by atoms with E-state index in [2.05, 4.69) is 11.9 Å². The molecule has 0 radical (unpaired) electrons. The second-order valence-corrected chi connectivity index (χ2v) is 14.7. The van der Waals surface area contributed by atoms with Crippen LogP contribution in [-0.4, -0.2) is 46.4 Å². The Balaban J connectivity index is 1.21. The molecule has 0 unspecified atom stereocenters. The van der Waals surface area contributed by atoms with E-state index in [1.807, 2.05) is 31.1 Å². The highest BCUT2D eigenvalue weighted by atomic mass is 35.5. The minimum absolute atomic E-state index is 0.0218. The fourth-order valence-electron chi connectivity index (χ4n) is 7.30. The van der Waals surface area contributed by atoms with E-state index in [1.54, 1.807) is 48.5 Å². The quantitative estimate of drug-likeness (QED) is 0.0794. The molecular formula is C45H32Cl2N2O9. The molecule has 0 aromatic heterocycles. The van der Waals surface area contributed by atoms with Gasteiger partial charge in [0.1, 0.15) is 28.6 Å². The van der Waals surface area contributed by atoms with Crippen molar-refractivity contribution in [1.82, 2.24) is 5.32 Å². The van der Waals surface area contributed by atoms with Gasteiger partial charge in [-0.2, -0.15) is 0 Å². The van der Waals surface area contributed by atoms with Crippen molar-refractivity contribution in [3.05, 3.63) is 161 Å². The normalized spacial score (nSPS) is 12.0. The van der Waals surface area contributed by atoms with Gasteiger partial charge in [-0.1, -0.05) is 54.0 Å². The number of carbonyl (C=O) groups excluding carboxylic acids is 1. The van der Waals surface area contributed by atoms with Crippen LogP contribution in [0.4, 0.5) is 5.69 Å². The van der Waals surface area contributed by atoms with Gasteiger partial charge in [-0.3, -0.25) is 9.59 Å². The molecule has 58 heavy (non-hydrogen) atoms. The molecule has 5 aromatic rings. The third kappa shape index (κ3) is 6.69. The van der Waals surface area contributed by atoms with Crippen molar-refractivity contribution in [3.63, 3.8) is 0 Å². The molecular weight excluding hydrogens is 783 g/mol. The first-order chi connectivity index (χ1) is 27.7. The highest BCUT2D eigenvalue weighted by molar-refractivity contribution is 6.40. The molecule has 13 heteroatoms. The number of phenols is 1. The maximum absolute atomic E-state index is 14.0. The van der Waals surface area contributed by atoms with Crippen LogP contribution >= 0.6 is 23.2 Å². The van der Waals surface area contributed by atoms with E-state index >= 15 is 0 Å². The van der Waals surface area contributed by atoms with Gasteiger partial charge in [0.2, 0.25) is 0 Å². The number of carboxylic acid groups (broad SMARTS) is 1. The molecule has 3 aliphatic rings. The maximum Gasteiger partial charge on any atom is 0.337 e. The molecule has 290 valence electrons. The number of anilines is 1. The SMILES string of the molecule is C=c1ccc2c(c1)Oc1cc(N(C)C)ccc1C=2c1c(Cl)c(C(=O)NCc2ccc(-c3c4ccc(=O)cc-4oc4cc(O)ccc34)c(C(O)O)c2)cc(Cl)c1C(=O)O. The van der Waals surface area contributed by atoms with Gasteiger partial charge >= 0.3 is 5.97 Å². The van der Waals surface area contributed by atoms with Crippen molar-refractivity contribution < 1.29 is 39.2 Å². The van der Waals surface area contributed by atoms with Crippen molar-refractivity contribution in [2.45, 2.75) is 12.8 Å². The lowest BCUT2D eigenvalue weighted by atomic mass is 9.88. The average Bonchev–Trinajstić information content (AvgIpc) is 3.18. The Morgan fingerprint density at radius 3 is 2.34 bits per heavy atom. The molecule has 0 spiro atoms. The molecule has 0 atom stereocenters. The van der Waals surface area contributed by atoms with Crippen LogP contribution in [0.5, 0.6) is 17.2 Å². The van der Waals surface area contributed by atoms with Gasteiger partial charge < -0.3 is 39.8 Å². The molecule has 2 heterocycles. The summed E-state index contributed by atoms with van der Waals surface area (Å²) in [5.74, 6) is -1.03. The predicted molar refractivity (Wildman–Crippen MR) is 222 cm³/mol. The lowest BCUT2D eigenvalue weighted by molar-refractivity contribution is -0.0420. The maximum atomic E-state index is 14.0. The smallest absolute Gasteiger partial charge is 0.337 e. The summed E-state index contributed by atoms with van der Waals surface area (Å²) in [6.45, 7) is 3.90.